The number of phenols is 1. The van der Waals surface area contributed by atoms with E-state index >= 15 is 0 Å². The normalized spacial score (nSPS) is 11.4. The summed E-state index contributed by atoms with van der Waals surface area (Å²) in [7, 11) is 0. The molecule has 3 aromatic carbocycles. The maximum absolute atomic E-state index is 10.3. The van der Waals surface area contributed by atoms with Gasteiger partial charge in [0.25, 0.3) is 0 Å². The maximum atomic E-state index is 10.3. The van der Waals surface area contributed by atoms with Gasteiger partial charge in [-0.05, 0) is 48.9 Å². The minimum absolute atomic E-state index is 0.210. The highest BCUT2D eigenvalue weighted by Crippen LogP contribution is 2.34. The Morgan fingerprint density at radius 1 is 0.840 bits per heavy atom. The number of azo groups is 1. The number of aromatic amines is 1. The van der Waals surface area contributed by atoms with Crippen LogP contribution in [0.3, 0.4) is 0 Å². The Balaban J connectivity index is 1.72. The van der Waals surface area contributed by atoms with Crippen LogP contribution in [0.1, 0.15) is 5.56 Å². The SMILES string of the molecule is Cc1ccccc1N=Nc1ccc(O)c(-c2cc3ccccc3[nH]2)c1. The van der Waals surface area contributed by atoms with E-state index in [0.717, 1.165) is 27.8 Å². The van der Waals surface area contributed by atoms with Gasteiger partial charge < -0.3 is 10.1 Å². The third-order valence-electron chi connectivity index (χ3n) is 4.19. The molecular formula is C21H17N3O. The van der Waals surface area contributed by atoms with Gasteiger partial charge in [0.1, 0.15) is 5.75 Å². The average molecular weight is 327 g/mol. The predicted octanol–water partition coefficient (Wildman–Crippen LogP) is 6.26. The van der Waals surface area contributed by atoms with E-state index in [1.165, 1.54) is 0 Å². The van der Waals surface area contributed by atoms with E-state index in [1.54, 1.807) is 12.1 Å². The number of nitrogens with zero attached hydrogens (tertiary/aromatic N) is 2. The first-order valence-electron chi connectivity index (χ1n) is 8.09. The Morgan fingerprint density at radius 2 is 1.64 bits per heavy atom. The zero-order chi connectivity index (χ0) is 17.2. The van der Waals surface area contributed by atoms with Crippen molar-refractivity contribution in [2.24, 2.45) is 10.2 Å². The van der Waals surface area contributed by atoms with Gasteiger partial charge in [-0.25, -0.2) is 0 Å². The molecule has 4 aromatic rings. The third-order valence-corrected chi connectivity index (χ3v) is 4.19. The van der Waals surface area contributed by atoms with Crippen LogP contribution in [-0.4, -0.2) is 10.1 Å². The van der Waals surface area contributed by atoms with Crippen molar-refractivity contribution in [3.8, 4) is 17.0 Å². The fraction of sp³-hybridized carbons (Fsp3) is 0.0476. The molecule has 4 nitrogen and oxygen atoms in total. The van der Waals surface area contributed by atoms with Gasteiger partial charge in [0, 0.05) is 16.5 Å². The van der Waals surface area contributed by atoms with Gasteiger partial charge in [-0.1, -0.05) is 36.4 Å². The summed E-state index contributed by atoms with van der Waals surface area (Å²) >= 11 is 0. The molecular weight excluding hydrogens is 310 g/mol. The summed E-state index contributed by atoms with van der Waals surface area (Å²) in [6, 6.07) is 23.1. The highest BCUT2D eigenvalue weighted by molar-refractivity contribution is 5.87. The minimum Gasteiger partial charge on any atom is -0.507 e. The number of hydrogen-bond donors (Lipinski definition) is 2. The molecule has 4 heteroatoms. The van der Waals surface area contributed by atoms with E-state index in [1.807, 2.05) is 67.6 Å². The summed E-state index contributed by atoms with van der Waals surface area (Å²) < 4.78 is 0. The number of aromatic hydroxyl groups is 1. The molecule has 0 radical (unpaired) electrons. The molecule has 1 aromatic heterocycles. The number of benzene rings is 3. The van der Waals surface area contributed by atoms with Crippen LogP contribution < -0.4 is 0 Å². The lowest BCUT2D eigenvalue weighted by Crippen LogP contribution is -1.79. The second kappa shape index (κ2) is 6.24. The van der Waals surface area contributed by atoms with Crippen LogP contribution in [0.15, 0.2) is 83.0 Å². The van der Waals surface area contributed by atoms with E-state index < -0.39 is 0 Å². The molecule has 0 atom stereocenters. The van der Waals surface area contributed by atoms with Crippen molar-refractivity contribution in [1.29, 1.82) is 0 Å². The first-order valence-corrected chi connectivity index (χ1v) is 8.09. The lowest BCUT2D eigenvalue weighted by atomic mass is 10.1. The van der Waals surface area contributed by atoms with Crippen molar-refractivity contribution in [2.75, 3.05) is 0 Å². The van der Waals surface area contributed by atoms with Gasteiger partial charge in [-0.15, -0.1) is 0 Å². The number of H-pyrrole nitrogens is 1. The Bertz CT molecular complexity index is 1050. The summed E-state index contributed by atoms with van der Waals surface area (Å²) in [5.41, 5.74) is 5.19. The van der Waals surface area contributed by atoms with Crippen molar-refractivity contribution >= 4 is 22.3 Å². The number of aryl methyl sites for hydroxylation is 1. The molecule has 0 bridgehead atoms. The highest BCUT2D eigenvalue weighted by atomic mass is 16.3. The number of aromatic nitrogens is 1. The second-order valence-electron chi connectivity index (χ2n) is 5.96. The molecule has 25 heavy (non-hydrogen) atoms. The molecule has 0 fully saturated rings. The van der Waals surface area contributed by atoms with Gasteiger partial charge in [-0.3, -0.25) is 0 Å². The van der Waals surface area contributed by atoms with Gasteiger partial charge in [0.15, 0.2) is 0 Å². The zero-order valence-corrected chi connectivity index (χ0v) is 13.8. The quantitative estimate of drug-likeness (QED) is 0.428. The fourth-order valence-electron chi connectivity index (χ4n) is 2.81. The van der Waals surface area contributed by atoms with E-state index in [0.29, 0.717) is 11.3 Å². The minimum atomic E-state index is 0.210. The largest absolute Gasteiger partial charge is 0.507 e. The molecule has 0 aliphatic carbocycles. The Hall–Kier alpha value is -3.40. The van der Waals surface area contributed by atoms with Gasteiger partial charge in [-0.2, -0.15) is 10.2 Å². The molecule has 2 N–H and O–H groups in total. The predicted molar refractivity (Wildman–Crippen MR) is 101 cm³/mol. The topological polar surface area (TPSA) is 60.7 Å². The van der Waals surface area contributed by atoms with Crippen LogP contribution in [-0.2, 0) is 0 Å². The summed E-state index contributed by atoms with van der Waals surface area (Å²) in [4.78, 5) is 3.33. The molecule has 122 valence electrons. The van der Waals surface area contributed by atoms with Crippen LogP contribution in [0, 0.1) is 6.92 Å². The van der Waals surface area contributed by atoms with Gasteiger partial charge in [0.2, 0.25) is 0 Å². The lowest BCUT2D eigenvalue weighted by Gasteiger charge is -2.03. The van der Waals surface area contributed by atoms with Crippen molar-refractivity contribution in [3.05, 3.63) is 78.4 Å². The van der Waals surface area contributed by atoms with Crippen molar-refractivity contribution in [1.82, 2.24) is 4.98 Å². The number of fused-ring (bicyclic) bond motifs is 1. The molecule has 0 amide bonds. The standard InChI is InChI=1S/C21H17N3O/c1-14-6-2-4-8-18(14)24-23-16-10-11-21(25)17(13-16)20-12-15-7-3-5-9-19(15)22-20/h2-13,22,25H,1H3. The van der Waals surface area contributed by atoms with E-state index in [2.05, 4.69) is 15.2 Å². The van der Waals surface area contributed by atoms with Crippen molar-refractivity contribution < 1.29 is 5.11 Å². The molecule has 0 saturated carbocycles. The monoisotopic (exact) mass is 327 g/mol. The fourth-order valence-corrected chi connectivity index (χ4v) is 2.81. The average Bonchev–Trinajstić information content (AvgIpc) is 3.06. The Kier molecular flexibility index (Phi) is 3.78. The summed E-state index contributed by atoms with van der Waals surface area (Å²) in [5, 5.41) is 20.0. The Morgan fingerprint density at radius 3 is 2.48 bits per heavy atom. The summed E-state index contributed by atoms with van der Waals surface area (Å²) in [5.74, 6) is 0.210. The Labute approximate surface area is 145 Å². The van der Waals surface area contributed by atoms with Crippen molar-refractivity contribution in [2.45, 2.75) is 6.92 Å². The molecule has 0 aliphatic rings. The van der Waals surface area contributed by atoms with Gasteiger partial charge in [0.05, 0.1) is 17.1 Å². The summed E-state index contributed by atoms with van der Waals surface area (Å²) in [6.45, 7) is 2.00. The number of rotatable bonds is 3. The smallest absolute Gasteiger partial charge is 0.125 e. The van der Waals surface area contributed by atoms with Gasteiger partial charge >= 0.3 is 0 Å². The molecule has 0 unspecified atom stereocenters. The van der Waals surface area contributed by atoms with Crippen LogP contribution in [0.2, 0.25) is 0 Å². The molecule has 4 rings (SSSR count). The van der Waals surface area contributed by atoms with Crippen LogP contribution >= 0.6 is 0 Å². The van der Waals surface area contributed by atoms with Crippen molar-refractivity contribution in [3.63, 3.8) is 0 Å². The molecule has 0 spiro atoms. The first kappa shape index (κ1) is 15.1. The van der Waals surface area contributed by atoms with Crippen LogP contribution in [0.25, 0.3) is 22.2 Å². The highest BCUT2D eigenvalue weighted by Gasteiger charge is 2.09. The molecule has 0 saturated heterocycles. The van der Waals surface area contributed by atoms with E-state index in [9.17, 15) is 5.11 Å². The first-order chi connectivity index (χ1) is 12.2. The zero-order valence-electron chi connectivity index (χ0n) is 13.8. The second-order valence-corrected chi connectivity index (χ2v) is 5.96. The number of nitrogens with one attached hydrogen (secondary N) is 1. The van der Waals surface area contributed by atoms with Crippen LogP contribution in [0.5, 0.6) is 5.75 Å². The number of hydrogen-bond acceptors (Lipinski definition) is 3. The summed E-state index contributed by atoms with van der Waals surface area (Å²) in [6.07, 6.45) is 0. The molecule has 1 heterocycles. The van der Waals surface area contributed by atoms with E-state index in [-0.39, 0.29) is 5.75 Å². The number of phenolic OH excluding ortho intramolecular Hbond substituents is 1. The number of para-hydroxylation sites is 1. The lowest BCUT2D eigenvalue weighted by molar-refractivity contribution is 0.477. The third kappa shape index (κ3) is 3.02. The molecule has 0 aliphatic heterocycles. The van der Waals surface area contributed by atoms with Crippen LogP contribution in [0.4, 0.5) is 11.4 Å². The maximum Gasteiger partial charge on any atom is 0.125 e. The van der Waals surface area contributed by atoms with E-state index in [4.69, 9.17) is 0 Å².